The molecule has 0 unspecified atom stereocenters. The Morgan fingerprint density at radius 3 is 2.84 bits per heavy atom. The molecule has 0 radical (unpaired) electrons. The van der Waals surface area contributed by atoms with Crippen molar-refractivity contribution in [2.24, 2.45) is 0 Å². The van der Waals surface area contributed by atoms with E-state index in [9.17, 15) is 4.79 Å². The van der Waals surface area contributed by atoms with Gasteiger partial charge in [-0.2, -0.15) is 0 Å². The maximum absolute atomic E-state index is 12.3. The quantitative estimate of drug-likeness (QED) is 0.377. The molecule has 1 heterocycles. The fraction of sp³-hybridized carbons (Fsp3) is 0.407. The van der Waals surface area contributed by atoms with Gasteiger partial charge in [-0.3, -0.25) is 9.78 Å². The molecule has 31 heavy (non-hydrogen) atoms. The molecule has 1 N–H and O–H groups in total. The Kier molecular flexibility index (Phi) is 8.89. The molecule has 164 valence electrons. The lowest BCUT2D eigenvalue weighted by atomic mass is 9.83. The van der Waals surface area contributed by atoms with Gasteiger partial charge in [-0.05, 0) is 91.0 Å². The molecule has 4 nitrogen and oxygen atoms in total. The number of nitrogens with zero attached hydrogens (tertiary/aromatic N) is 1. The molecule has 2 aromatic rings. The molecular weight excluding hydrogens is 384 g/mol. The van der Waals surface area contributed by atoms with E-state index in [-0.39, 0.29) is 5.91 Å². The third-order valence-corrected chi connectivity index (χ3v) is 5.82. The van der Waals surface area contributed by atoms with Crippen molar-refractivity contribution in [1.29, 1.82) is 0 Å². The number of aromatic nitrogens is 1. The molecule has 3 rings (SSSR count). The predicted molar refractivity (Wildman–Crippen MR) is 127 cm³/mol. The van der Waals surface area contributed by atoms with Gasteiger partial charge in [-0.15, -0.1) is 0 Å². The number of pyridine rings is 1. The Bertz CT molecular complexity index is 916. The first-order valence-electron chi connectivity index (χ1n) is 11.5. The van der Waals surface area contributed by atoms with E-state index in [0.717, 1.165) is 57.1 Å². The zero-order valence-electron chi connectivity index (χ0n) is 18.8. The summed E-state index contributed by atoms with van der Waals surface area (Å²) < 4.78 is 5.40. The van der Waals surface area contributed by atoms with Crippen LogP contribution in [0, 0.1) is 0 Å². The highest BCUT2D eigenvalue weighted by Crippen LogP contribution is 2.36. The molecule has 1 aliphatic carbocycles. The van der Waals surface area contributed by atoms with E-state index in [1.54, 1.807) is 19.4 Å². The van der Waals surface area contributed by atoms with Crippen molar-refractivity contribution in [3.05, 3.63) is 77.1 Å². The van der Waals surface area contributed by atoms with Gasteiger partial charge < -0.3 is 10.1 Å². The Morgan fingerprint density at radius 2 is 2.06 bits per heavy atom. The summed E-state index contributed by atoms with van der Waals surface area (Å²) in [7, 11) is 1.71. The van der Waals surface area contributed by atoms with Crippen molar-refractivity contribution in [2.75, 3.05) is 13.7 Å². The third-order valence-electron chi connectivity index (χ3n) is 5.82. The number of allylic oxidation sites excluding steroid dienone is 3. The Hall–Kier alpha value is -2.88. The summed E-state index contributed by atoms with van der Waals surface area (Å²) in [6.45, 7) is 2.92. The number of aryl methyl sites for hydroxylation is 2. The molecular formula is C27H34N2O2. The number of nitrogens with one attached hydrogen (secondary N) is 1. The lowest BCUT2D eigenvalue weighted by molar-refractivity contribution is -0.116. The normalized spacial score (nSPS) is 13.4. The van der Waals surface area contributed by atoms with Crippen LogP contribution in [0.4, 0.5) is 0 Å². The molecule has 0 saturated heterocycles. The van der Waals surface area contributed by atoms with Crippen molar-refractivity contribution in [3.8, 4) is 5.75 Å². The summed E-state index contributed by atoms with van der Waals surface area (Å²) in [6, 6.07) is 10.4. The number of carbonyl (C=O) groups is 1. The Labute approximate surface area is 186 Å². The van der Waals surface area contributed by atoms with Gasteiger partial charge in [0.1, 0.15) is 5.75 Å². The number of rotatable bonds is 11. The van der Waals surface area contributed by atoms with E-state index >= 15 is 0 Å². The highest BCUT2D eigenvalue weighted by molar-refractivity contribution is 5.89. The van der Waals surface area contributed by atoms with E-state index in [1.165, 1.54) is 27.8 Å². The van der Waals surface area contributed by atoms with Crippen LogP contribution < -0.4 is 10.1 Å². The van der Waals surface area contributed by atoms with Crippen LogP contribution in [0.5, 0.6) is 5.75 Å². The molecule has 1 aromatic heterocycles. The van der Waals surface area contributed by atoms with Crippen LogP contribution >= 0.6 is 0 Å². The number of hydrogen-bond acceptors (Lipinski definition) is 3. The molecule has 4 heteroatoms. The Morgan fingerprint density at radius 1 is 1.16 bits per heavy atom. The number of methoxy groups -OCH3 is 1. The molecule has 1 amide bonds. The molecule has 1 aliphatic rings. The largest absolute Gasteiger partial charge is 0.497 e. The first-order chi connectivity index (χ1) is 15.2. The van der Waals surface area contributed by atoms with Gasteiger partial charge in [0.25, 0.3) is 0 Å². The van der Waals surface area contributed by atoms with Crippen molar-refractivity contribution in [1.82, 2.24) is 10.3 Å². The highest BCUT2D eigenvalue weighted by atomic mass is 16.5. The maximum atomic E-state index is 12.3. The summed E-state index contributed by atoms with van der Waals surface area (Å²) in [5.41, 5.74) is 6.58. The summed E-state index contributed by atoms with van der Waals surface area (Å²) in [6.07, 6.45) is 15.8. The van der Waals surface area contributed by atoms with Gasteiger partial charge in [0.15, 0.2) is 0 Å². The van der Waals surface area contributed by atoms with Crippen LogP contribution in [0.25, 0.3) is 5.57 Å². The monoisotopic (exact) mass is 418 g/mol. The van der Waals surface area contributed by atoms with Gasteiger partial charge in [0.05, 0.1) is 7.11 Å². The second-order valence-electron chi connectivity index (χ2n) is 8.07. The van der Waals surface area contributed by atoms with Crippen LogP contribution in [0.3, 0.4) is 0 Å². The number of unbranched alkanes of at least 4 members (excludes halogenated alkanes) is 2. The van der Waals surface area contributed by atoms with Crippen LogP contribution in [-0.2, 0) is 17.6 Å². The third kappa shape index (κ3) is 6.81. The highest BCUT2D eigenvalue weighted by Gasteiger charge is 2.18. The van der Waals surface area contributed by atoms with Crippen molar-refractivity contribution >= 4 is 11.5 Å². The standard InChI is InChI=1S/C27H34N2O2/c1-3-4-10-25-22(11-12-23-19-24(31-2)14-15-26(23)25)13-16-27(30)29-18-6-5-8-21-9-7-17-28-20-21/h7,9,13-17,19-20H,3-6,8,10-12,18H2,1-2H3,(H,29,30)/b16-13+. The number of fused-ring (bicyclic) bond motifs is 1. The minimum Gasteiger partial charge on any atom is -0.497 e. The lowest BCUT2D eigenvalue weighted by Crippen LogP contribution is -2.22. The van der Waals surface area contributed by atoms with Crippen LogP contribution in [0.15, 0.2) is 60.5 Å². The average Bonchev–Trinajstić information content (AvgIpc) is 2.81. The van der Waals surface area contributed by atoms with E-state index in [0.29, 0.717) is 6.54 Å². The second-order valence-corrected chi connectivity index (χ2v) is 8.07. The number of benzene rings is 1. The zero-order valence-corrected chi connectivity index (χ0v) is 18.8. The average molecular weight is 419 g/mol. The smallest absolute Gasteiger partial charge is 0.243 e. The summed E-state index contributed by atoms with van der Waals surface area (Å²) in [5, 5.41) is 3.02. The van der Waals surface area contributed by atoms with Crippen molar-refractivity contribution < 1.29 is 9.53 Å². The lowest BCUT2D eigenvalue weighted by Gasteiger charge is -2.23. The number of hydrogen-bond donors (Lipinski definition) is 1. The summed E-state index contributed by atoms with van der Waals surface area (Å²) in [5.74, 6) is 0.903. The van der Waals surface area contributed by atoms with Crippen LogP contribution in [0.1, 0.15) is 62.1 Å². The van der Waals surface area contributed by atoms with Crippen molar-refractivity contribution in [3.63, 3.8) is 0 Å². The number of carbonyl (C=O) groups excluding carboxylic acids is 1. The van der Waals surface area contributed by atoms with Crippen LogP contribution in [-0.4, -0.2) is 24.5 Å². The van der Waals surface area contributed by atoms with E-state index in [2.05, 4.69) is 35.4 Å². The van der Waals surface area contributed by atoms with E-state index in [1.807, 2.05) is 24.4 Å². The SMILES string of the molecule is CCCCC1=C(/C=C/C(=O)NCCCCc2cccnc2)CCc2cc(OC)ccc21. The summed E-state index contributed by atoms with van der Waals surface area (Å²) in [4.78, 5) is 16.5. The van der Waals surface area contributed by atoms with E-state index in [4.69, 9.17) is 4.74 Å². The van der Waals surface area contributed by atoms with Gasteiger partial charge in [-0.25, -0.2) is 0 Å². The molecule has 1 aromatic carbocycles. The molecule has 0 spiro atoms. The molecule has 0 bridgehead atoms. The van der Waals surface area contributed by atoms with Gasteiger partial charge in [0, 0.05) is 25.0 Å². The zero-order chi connectivity index (χ0) is 21.9. The Balaban J connectivity index is 1.56. The molecule has 0 saturated carbocycles. The van der Waals surface area contributed by atoms with Gasteiger partial charge in [0.2, 0.25) is 5.91 Å². The topological polar surface area (TPSA) is 51.2 Å². The minimum atomic E-state index is -0.00996. The van der Waals surface area contributed by atoms with Crippen LogP contribution in [0.2, 0.25) is 0 Å². The number of amides is 1. The molecule has 0 atom stereocenters. The first kappa shape index (κ1) is 22.8. The molecule has 0 aliphatic heterocycles. The second kappa shape index (κ2) is 12.1. The fourth-order valence-corrected chi connectivity index (χ4v) is 4.07. The van der Waals surface area contributed by atoms with E-state index < -0.39 is 0 Å². The first-order valence-corrected chi connectivity index (χ1v) is 11.5. The van der Waals surface area contributed by atoms with Gasteiger partial charge in [-0.1, -0.05) is 31.6 Å². The fourth-order valence-electron chi connectivity index (χ4n) is 4.07. The minimum absolute atomic E-state index is 0.00996. The number of ether oxygens (including phenoxy) is 1. The summed E-state index contributed by atoms with van der Waals surface area (Å²) >= 11 is 0. The molecule has 0 fully saturated rings. The van der Waals surface area contributed by atoms with Crippen molar-refractivity contribution in [2.45, 2.75) is 58.3 Å². The predicted octanol–water partition coefficient (Wildman–Crippen LogP) is 5.68. The van der Waals surface area contributed by atoms with Gasteiger partial charge >= 0.3 is 0 Å². The maximum Gasteiger partial charge on any atom is 0.243 e.